The molecule has 1 heterocycles. The van der Waals surface area contributed by atoms with Gasteiger partial charge in [-0.05, 0) is 31.9 Å². The fourth-order valence-corrected chi connectivity index (χ4v) is 3.24. The van der Waals surface area contributed by atoms with Gasteiger partial charge >= 0.3 is 0 Å². The van der Waals surface area contributed by atoms with E-state index in [1.54, 1.807) is 0 Å². The fourth-order valence-electron chi connectivity index (χ4n) is 3.24. The molecule has 1 N–H and O–H groups in total. The molecular weight excluding hydrogens is 242 g/mol. The Morgan fingerprint density at radius 2 is 2.16 bits per heavy atom. The molecule has 19 heavy (non-hydrogen) atoms. The summed E-state index contributed by atoms with van der Waals surface area (Å²) in [5.41, 5.74) is 0.0896. The van der Waals surface area contributed by atoms with E-state index in [4.69, 9.17) is 4.74 Å². The van der Waals surface area contributed by atoms with Crippen LogP contribution in [0.3, 0.4) is 0 Å². The lowest BCUT2D eigenvalue weighted by Crippen LogP contribution is -2.49. The molecule has 3 atom stereocenters. The molecule has 0 bridgehead atoms. The van der Waals surface area contributed by atoms with Crippen molar-refractivity contribution in [3.8, 4) is 0 Å². The molecule has 1 saturated heterocycles. The zero-order valence-electron chi connectivity index (χ0n) is 11.1. The zero-order chi connectivity index (χ0) is 13.5. The minimum Gasteiger partial charge on any atom is -0.393 e. The molecular formula is C15H19NO3. The number of aliphatic hydroxyl groups is 1. The van der Waals surface area contributed by atoms with Gasteiger partial charge in [0.25, 0.3) is 5.91 Å². The van der Waals surface area contributed by atoms with Crippen LogP contribution in [0.4, 0.5) is 0 Å². The van der Waals surface area contributed by atoms with Crippen LogP contribution in [0, 0.1) is 0 Å². The van der Waals surface area contributed by atoms with Gasteiger partial charge in [-0.25, -0.2) is 0 Å². The standard InChI is InChI=1S/C15H19NO3/c1-11-10-19-15(8-7-13(17)9-15)16(11)14(18)12-5-3-2-4-6-12/h2-6,11,13,17H,7-10H2,1H3/t11-,13+,15?/m0/s1. The van der Waals surface area contributed by atoms with Crippen LogP contribution >= 0.6 is 0 Å². The van der Waals surface area contributed by atoms with Gasteiger partial charge < -0.3 is 14.7 Å². The van der Waals surface area contributed by atoms with Crippen molar-refractivity contribution in [3.05, 3.63) is 35.9 Å². The topological polar surface area (TPSA) is 49.8 Å². The van der Waals surface area contributed by atoms with Crippen LogP contribution in [0.5, 0.6) is 0 Å². The number of aliphatic hydroxyl groups excluding tert-OH is 1. The van der Waals surface area contributed by atoms with Crippen molar-refractivity contribution in [2.45, 2.75) is 44.1 Å². The number of rotatable bonds is 1. The Kier molecular flexibility index (Phi) is 3.07. The summed E-state index contributed by atoms with van der Waals surface area (Å²) in [6.45, 7) is 2.55. The molecule has 102 valence electrons. The van der Waals surface area contributed by atoms with E-state index in [0.717, 1.165) is 6.42 Å². The maximum atomic E-state index is 12.7. The summed E-state index contributed by atoms with van der Waals surface area (Å²) >= 11 is 0. The first kappa shape index (κ1) is 12.6. The SMILES string of the molecule is C[C@H]1COC2(CC[C@@H](O)C2)N1C(=O)c1ccccc1. The van der Waals surface area contributed by atoms with E-state index in [-0.39, 0.29) is 18.1 Å². The predicted molar refractivity (Wildman–Crippen MR) is 70.6 cm³/mol. The van der Waals surface area contributed by atoms with Crippen molar-refractivity contribution in [2.75, 3.05) is 6.61 Å². The monoisotopic (exact) mass is 261 g/mol. The number of amides is 1. The maximum absolute atomic E-state index is 12.7. The molecule has 0 aromatic heterocycles. The number of hydrogen-bond acceptors (Lipinski definition) is 3. The van der Waals surface area contributed by atoms with E-state index in [2.05, 4.69) is 0 Å². The van der Waals surface area contributed by atoms with E-state index in [0.29, 0.717) is 25.0 Å². The van der Waals surface area contributed by atoms with Gasteiger partial charge in [0.1, 0.15) is 5.72 Å². The summed E-state index contributed by atoms with van der Waals surface area (Å²) in [6, 6.07) is 9.34. The largest absolute Gasteiger partial charge is 0.393 e. The van der Waals surface area contributed by atoms with Gasteiger partial charge in [0.2, 0.25) is 0 Å². The van der Waals surface area contributed by atoms with E-state index in [1.165, 1.54) is 0 Å². The van der Waals surface area contributed by atoms with Crippen LogP contribution in [0.25, 0.3) is 0 Å². The molecule has 1 spiro atoms. The second-order valence-corrected chi connectivity index (χ2v) is 5.54. The Balaban J connectivity index is 1.91. The first-order valence-electron chi connectivity index (χ1n) is 6.83. The molecule has 1 aromatic rings. The summed E-state index contributed by atoms with van der Waals surface area (Å²) in [4.78, 5) is 14.5. The molecule has 1 saturated carbocycles. The van der Waals surface area contributed by atoms with Crippen LogP contribution in [-0.2, 0) is 4.74 Å². The van der Waals surface area contributed by atoms with E-state index < -0.39 is 5.72 Å². The second-order valence-electron chi connectivity index (χ2n) is 5.54. The molecule has 3 rings (SSSR count). The molecule has 2 fully saturated rings. The molecule has 4 nitrogen and oxygen atoms in total. The van der Waals surface area contributed by atoms with Crippen molar-refractivity contribution in [3.63, 3.8) is 0 Å². The highest BCUT2D eigenvalue weighted by molar-refractivity contribution is 5.95. The summed E-state index contributed by atoms with van der Waals surface area (Å²) in [5, 5.41) is 9.79. The highest BCUT2D eigenvalue weighted by Crippen LogP contribution is 2.42. The number of nitrogens with zero attached hydrogens (tertiary/aromatic N) is 1. The molecule has 1 unspecified atom stereocenters. The summed E-state index contributed by atoms with van der Waals surface area (Å²) in [6.07, 6.45) is 1.58. The van der Waals surface area contributed by atoms with Gasteiger partial charge in [-0.1, -0.05) is 18.2 Å². The molecule has 1 aliphatic carbocycles. The smallest absolute Gasteiger partial charge is 0.256 e. The van der Waals surface area contributed by atoms with Crippen LogP contribution in [0.15, 0.2) is 30.3 Å². The third-order valence-corrected chi connectivity index (χ3v) is 4.14. The fraction of sp³-hybridized carbons (Fsp3) is 0.533. The van der Waals surface area contributed by atoms with E-state index >= 15 is 0 Å². The molecule has 2 aliphatic rings. The van der Waals surface area contributed by atoms with Gasteiger partial charge in [0.05, 0.1) is 18.8 Å². The highest BCUT2D eigenvalue weighted by Gasteiger charge is 2.52. The Hall–Kier alpha value is -1.39. The van der Waals surface area contributed by atoms with Gasteiger partial charge in [0.15, 0.2) is 0 Å². The van der Waals surface area contributed by atoms with Gasteiger partial charge in [-0.3, -0.25) is 4.79 Å². The van der Waals surface area contributed by atoms with Gasteiger partial charge in [-0.2, -0.15) is 0 Å². The van der Waals surface area contributed by atoms with Crippen LogP contribution in [-0.4, -0.2) is 40.4 Å². The van der Waals surface area contributed by atoms with E-state index in [9.17, 15) is 9.90 Å². The number of benzene rings is 1. The lowest BCUT2D eigenvalue weighted by atomic mass is 10.1. The molecule has 1 aromatic carbocycles. The molecule has 1 aliphatic heterocycles. The average Bonchev–Trinajstić information content (AvgIpc) is 2.94. The van der Waals surface area contributed by atoms with Crippen molar-refractivity contribution < 1.29 is 14.6 Å². The summed E-state index contributed by atoms with van der Waals surface area (Å²) in [5.74, 6) is -0.000278. The van der Waals surface area contributed by atoms with E-state index in [1.807, 2.05) is 42.2 Å². The molecule has 1 amide bonds. The number of hydrogen-bond donors (Lipinski definition) is 1. The third kappa shape index (κ3) is 2.05. The Labute approximate surface area is 113 Å². The number of ether oxygens (including phenoxy) is 1. The summed E-state index contributed by atoms with van der Waals surface area (Å²) < 4.78 is 5.88. The lowest BCUT2D eigenvalue weighted by molar-refractivity contribution is -0.0705. The number of carbonyl (C=O) groups excluding carboxylic acids is 1. The first-order chi connectivity index (χ1) is 9.12. The van der Waals surface area contributed by atoms with Crippen LogP contribution in [0.1, 0.15) is 36.5 Å². The minimum absolute atomic E-state index is 0.000278. The van der Waals surface area contributed by atoms with Crippen molar-refractivity contribution >= 4 is 5.91 Å². The van der Waals surface area contributed by atoms with Crippen molar-refractivity contribution in [1.29, 1.82) is 0 Å². The Morgan fingerprint density at radius 3 is 2.79 bits per heavy atom. The van der Waals surface area contributed by atoms with Crippen molar-refractivity contribution in [2.24, 2.45) is 0 Å². The maximum Gasteiger partial charge on any atom is 0.256 e. The minimum atomic E-state index is -0.592. The van der Waals surface area contributed by atoms with Crippen LogP contribution in [0.2, 0.25) is 0 Å². The third-order valence-electron chi connectivity index (χ3n) is 4.14. The predicted octanol–water partition coefficient (Wildman–Crippen LogP) is 1.79. The van der Waals surface area contributed by atoms with Crippen molar-refractivity contribution in [1.82, 2.24) is 4.90 Å². The summed E-state index contributed by atoms with van der Waals surface area (Å²) in [7, 11) is 0. The Morgan fingerprint density at radius 1 is 1.42 bits per heavy atom. The lowest BCUT2D eigenvalue weighted by Gasteiger charge is -2.35. The Bertz CT molecular complexity index is 472. The van der Waals surface area contributed by atoms with Gasteiger partial charge in [-0.15, -0.1) is 0 Å². The average molecular weight is 261 g/mol. The zero-order valence-corrected chi connectivity index (χ0v) is 11.1. The first-order valence-corrected chi connectivity index (χ1v) is 6.83. The van der Waals surface area contributed by atoms with Gasteiger partial charge in [0, 0.05) is 12.0 Å². The number of carbonyl (C=O) groups is 1. The second kappa shape index (κ2) is 4.62. The highest BCUT2D eigenvalue weighted by atomic mass is 16.5. The molecule has 4 heteroatoms. The van der Waals surface area contributed by atoms with Crippen LogP contribution < -0.4 is 0 Å². The quantitative estimate of drug-likeness (QED) is 0.838. The normalized spacial score (nSPS) is 34.1. The molecule has 0 radical (unpaired) electrons.